The highest BCUT2D eigenvalue weighted by Gasteiger charge is 2.16. The SMILES string of the molecule is COc1ccc(C=CC(=O)c2cc(F)ccc2OC(=O)c2ccc(Br)cc2)cc1OC. The molecule has 7 heteroatoms. The number of ketones is 1. The first-order valence-electron chi connectivity index (χ1n) is 9.13. The van der Waals surface area contributed by atoms with Gasteiger partial charge in [0.15, 0.2) is 17.3 Å². The standard InChI is InChI=1S/C24H18BrFO5/c1-29-22-11-4-15(13-23(22)30-2)3-10-20(27)19-14-18(26)9-12-21(19)31-24(28)16-5-7-17(25)8-6-16/h3-14H,1-2H3. The van der Waals surface area contributed by atoms with Crippen LogP contribution in [0.25, 0.3) is 6.08 Å². The molecule has 0 amide bonds. The fourth-order valence-corrected chi connectivity index (χ4v) is 3.01. The second-order valence-electron chi connectivity index (χ2n) is 6.35. The molecule has 0 aliphatic heterocycles. The van der Waals surface area contributed by atoms with Crippen molar-refractivity contribution in [2.75, 3.05) is 14.2 Å². The third-order valence-corrected chi connectivity index (χ3v) is 4.85. The second kappa shape index (κ2) is 10.0. The van der Waals surface area contributed by atoms with Crippen LogP contribution in [0.3, 0.4) is 0 Å². The van der Waals surface area contributed by atoms with Crippen LogP contribution >= 0.6 is 15.9 Å². The van der Waals surface area contributed by atoms with Crippen LogP contribution in [0.15, 0.2) is 71.2 Å². The van der Waals surface area contributed by atoms with Gasteiger partial charge in [-0.05, 0) is 66.2 Å². The van der Waals surface area contributed by atoms with Crippen molar-refractivity contribution in [3.05, 3.63) is 93.7 Å². The monoisotopic (exact) mass is 484 g/mol. The van der Waals surface area contributed by atoms with E-state index in [0.717, 1.165) is 16.6 Å². The van der Waals surface area contributed by atoms with Gasteiger partial charge in [0.05, 0.1) is 25.3 Å². The minimum Gasteiger partial charge on any atom is -0.493 e. The number of carbonyl (C=O) groups excluding carboxylic acids is 2. The Morgan fingerprint density at radius 1 is 0.871 bits per heavy atom. The summed E-state index contributed by atoms with van der Waals surface area (Å²) in [5.74, 6) is -0.766. The first kappa shape index (κ1) is 22.2. The average Bonchev–Trinajstić information content (AvgIpc) is 2.78. The molecule has 0 radical (unpaired) electrons. The summed E-state index contributed by atoms with van der Waals surface area (Å²) in [6.45, 7) is 0. The molecule has 0 unspecified atom stereocenters. The molecule has 5 nitrogen and oxygen atoms in total. The number of hydrogen-bond acceptors (Lipinski definition) is 5. The molecule has 0 saturated heterocycles. The van der Waals surface area contributed by atoms with Crippen LogP contribution in [0.2, 0.25) is 0 Å². The molecule has 0 spiro atoms. The number of rotatable bonds is 7. The van der Waals surface area contributed by atoms with Crippen LogP contribution in [0.4, 0.5) is 4.39 Å². The van der Waals surface area contributed by atoms with Crippen molar-refractivity contribution >= 4 is 33.8 Å². The summed E-state index contributed by atoms with van der Waals surface area (Å²) in [6, 6.07) is 15.1. The van der Waals surface area contributed by atoms with E-state index in [-0.39, 0.29) is 11.3 Å². The highest BCUT2D eigenvalue weighted by atomic mass is 79.9. The Labute approximate surface area is 187 Å². The molecule has 3 aromatic carbocycles. The maximum atomic E-state index is 13.8. The minimum atomic E-state index is -0.656. The maximum Gasteiger partial charge on any atom is 0.343 e. The molecular formula is C24H18BrFO5. The van der Waals surface area contributed by atoms with Gasteiger partial charge in [-0.25, -0.2) is 9.18 Å². The molecule has 0 saturated carbocycles. The van der Waals surface area contributed by atoms with Gasteiger partial charge in [-0.15, -0.1) is 0 Å². The Morgan fingerprint density at radius 2 is 1.55 bits per heavy atom. The number of hydrogen-bond donors (Lipinski definition) is 0. The van der Waals surface area contributed by atoms with Crippen LogP contribution in [0.1, 0.15) is 26.3 Å². The highest BCUT2D eigenvalue weighted by molar-refractivity contribution is 9.10. The van der Waals surface area contributed by atoms with Crippen molar-refractivity contribution in [1.29, 1.82) is 0 Å². The van der Waals surface area contributed by atoms with Crippen molar-refractivity contribution in [2.24, 2.45) is 0 Å². The Morgan fingerprint density at radius 3 is 2.23 bits per heavy atom. The zero-order valence-corrected chi connectivity index (χ0v) is 18.3. The molecule has 0 N–H and O–H groups in total. The Hall–Kier alpha value is -3.45. The number of benzene rings is 3. The predicted octanol–water partition coefficient (Wildman–Crippen LogP) is 5.72. The van der Waals surface area contributed by atoms with Crippen LogP contribution in [-0.2, 0) is 0 Å². The third-order valence-electron chi connectivity index (χ3n) is 4.32. The van der Waals surface area contributed by atoms with Crippen LogP contribution in [0, 0.1) is 5.82 Å². The molecule has 3 aromatic rings. The highest BCUT2D eigenvalue weighted by Crippen LogP contribution is 2.28. The number of allylic oxidation sites excluding steroid dienone is 1. The molecule has 0 heterocycles. The van der Waals surface area contributed by atoms with Gasteiger partial charge in [0, 0.05) is 4.47 Å². The number of halogens is 2. The largest absolute Gasteiger partial charge is 0.493 e. The molecule has 3 rings (SSSR count). The molecule has 0 aliphatic carbocycles. The van der Waals surface area contributed by atoms with Crippen molar-refractivity contribution in [3.63, 3.8) is 0 Å². The van der Waals surface area contributed by atoms with Gasteiger partial charge in [-0.1, -0.05) is 28.1 Å². The van der Waals surface area contributed by atoms with E-state index < -0.39 is 17.6 Å². The van der Waals surface area contributed by atoms with E-state index in [9.17, 15) is 14.0 Å². The lowest BCUT2D eigenvalue weighted by Gasteiger charge is -2.09. The Kier molecular flexibility index (Phi) is 7.20. The van der Waals surface area contributed by atoms with Gasteiger partial charge in [-0.2, -0.15) is 0 Å². The second-order valence-corrected chi connectivity index (χ2v) is 7.26. The van der Waals surface area contributed by atoms with Crippen molar-refractivity contribution in [1.82, 2.24) is 0 Å². The molecule has 0 fully saturated rings. The van der Waals surface area contributed by atoms with Crippen LogP contribution in [0.5, 0.6) is 17.2 Å². The van der Waals surface area contributed by atoms with Gasteiger partial charge in [-0.3, -0.25) is 4.79 Å². The van der Waals surface area contributed by atoms with Crippen molar-refractivity contribution in [2.45, 2.75) is 0 Å². The van der Waals surface area contributed by atoms with Gasteiger partial charge in [0.25, 0.3) is 0 Å². The topological polar surface area (TPSA) is 61.8 Å². The summed E-state index contributed by atoms with van der Waals surface area (Å²) in [4.78, 5) is 25.1. The molecule has 158 valence electrons. The lowest BCUT2D eigenvalue weighted by molar-refractivity contribution is 0.0733. The van der Waals surface area contributed by atoms with E-state index in [1.807, 2.05) is 0 Å². The van der Waals surface area contributed by atoms with Gasteiger partial charge >= 0.3 is 5.97 Å². The molecule has 0 bridgehead atoms. The lowest BCUT2D eigenvalue weighted by Crippen LogP contribution is -2.11. The van der Waals surface area contributed by atoms with Crippen molar-refractivity contribution < 1.29 is 28.2 Å². The third kappa shape index (κ3) is 5.58. The fraction of sp³-hybridized carbons (Fsp3) is 0.0833. The van der Waals surface area contributed by atoms with E-state index in [1.54, 1.807) is 48.5 Å². The smallest absolute Gasteiger partial charge is 0.343 e. The van der Waals surface area contributed by atoms with E-state index in [2.05, 4.69) is 15.9 Å². The number of ether oxygens (including phenoxy) is 3. The Balaban J connectivity index is 1.84. The fourth-order valence-electron chi connectivity index (χ4n) is 2.75. The quantitative estimate of drug-likeness (QED) is 0.185. The number of esters is 1. The van der Waals surface area contributed by atoms with E-state index in [4.69, 9.17) is 14.2 Å². The normalized spacial score (nSPS) is 10.7. The molecule has 0 aromatic heterocycles. The molecule has 0 atom stereocenters. The van der Waals surface area contributed by atoms with E-state index in [0.29, 0.717) is 22.6 Å². The summed E-state index contributed by atoms with van der Waals surface area (Å²) in [5.41, 5.74) is 0.907. The van der Waals surface area contributed by atoms with E-state index >= 15 is 0 Å². The number of carbonyl (C=O) groups is 2. The van der Waals surface area contributed by atoms with Gasteiger partial charge in [0.2, 0.25) is 0 Å². The molecule has 31 heavy (non-hydrogen) atoms. The van der Waals surface area contributed by atoms with Crippen LogP contribution in [-0.4, -0.2) is 26.0 Å². The average molecular weight is 485 g/mol. The van der Waals surface area contributed by atoms with Crippen LogP contribution < -0.4 is 14.2 Å². The summed E-state index contributed by atoms with van der Waals surface area (Å²) in [6.07, 6.45) is 2.82. The van der Waals surface area contributed by atoms with Gasteiger partial charge in [0.1, 0.15) is 11.6 Å². The van der Waals surface area contributed by atoms with Crippen molar-refractivity contribution in [3.8, 4) is 17.2 Å². The first-order valence-corrected chi connectivity index (χ1v) is 9.92. The zero-order valence-electron chi connectivity index (χ0n) is 16.7. The summed E-state index contributed by atoms with van der Waals surface area (Å²) in [7, 11) is 3.03. The summed E-state index contributed by atoms with van der Waals surface area (Å²) in [5, 5.41) is 0. The van der Waals surface area contributed by atoms with E-state index in [1.165, 1.54) is 26.4 Å². The lowest BCUT2D eigenvalue weighted by atomic mass is 10.1. The first-order chi connectivity index (χ1) is 14.9. The molecular weight excluding hydrogens is 467 g/mol. The summed E-state index contributed by atoms with van der Waals surface area (Å²) >= 11 is 3.29. The number of methoxy groups -OCH3 is 2. The maximum absolute atomic E-state index is 13.8. The molecule has 0 aliphatic rings. The predicted molar refractivity (Wildman–Crippen MR) is 118 cm³/mol. The van der Waals surface area contributed by atoms with Gasteiger partial charge < -0.3 is 14.2 Å². The minimum absolute atomic E-state index is 0.0312. The summed E-state index contributed by atoms with van der Waals surface area (Å²) < 4.78 is 30.4. The Bertz CT molecular complexity index is 1140. The zero-order chi connectivity index (χ0) is 22.4.